The van der Waals surface area contributed by atoms with E-state index in [1.165, 1.54) is 6.92 Å². The first-order valence-electron chi connectivity index (χ1n) is 14.1. The second kappa shape index (κ2) is 9.63. The van der Waals surface area contributed by atoms with Crippen molar-refractivity contribution in [2.45, 2.75) is 62.3 Å². The van der Waals surface area contributed by atoms with Gasteiger partial charge in [0.25, 0.3) is 0 Å². The number of fused-ring (bicyclic) bond motifs is 1. The first-order chi connectivity index (χ1) is 19.2. The molecule has 2 fully saturated rings. The second-order valence-corrected chi connectivity index (χ2v) is 11.8. The molecule has 2 aromatic carbocycles. The summed E-state index contributed by atoms with van der Waals surface area (Å²) in [6.07, 6.45) is 4.92. The topological polar surface area (TPSA) is 88.5 Å². The van der Waals surface area contributed by atoms with Crippen LogP contribution in [-0.2, 0) is 30.9 Å². The van der Waals surface area contributed by atoms with Gasteiger partial charge in [-0.15, -0.1) is 0 Å². The molecule has 40 heavy (non-hydrogen) atoms. The van der Waals surface area contributed by atoms with E-state index in [9.17, 15) is 14.7 Å². The minimum Gasteiger partial charge on any atom is -0.497 e. The van der Waals surface area contributed by atoms with E-state index in [1.807, 2.05) is 49.5 Å². The Hall–Kier alpha value is -3.36. The SMILES string of the molecule is CC[C@]12C=CCN3CC[C@@]4(c5ccc(OC)cc5N(C)[C@H]4C(O)(COC(=O)Cc4ccccc4)[C@@H]1OC(C)=O)C32. The monoisotopic (exact) mass is 546 g/mol. The van der Waals surface area contributed by atoms with Crippen LogP contribution in [0.5, 0.6) is 5.75 Å². The summed E-state index contributed by atoms with van der Waals surface area (Å²) >= 11 is 0. The average Bonchev–Trinajstić information content (AvgIpc) is 3.46. The van der Waals surface area contributed by atoms with Crippen molar-refractivity contribution in [1.29, 1.82) is 0 Å². The zero-order valence-corrected chi connectivity index (χ0v) is 23.6. The number of benzene rings is 2. The van der Waals surface area contributed by atoms with Gasteiger partial charge in [-0.3, -0.25) is 14.5 Å². The zero-order valence-electron chi connectivity index (χ0n) is 23.6. The molecule has 0 bridgehead atoms. The minimum atomic E-state index is -1.69. The highest BCUT2D eigenvalue weighted by atomic mass is 16.6. The molecule has 2 unspecified atom stereocenters. The normalized spacial score (nSPS) is 33.6. The van der Waals surface area contributed by atoms with Gasteiger partial charge in [-0.05, 0) is 36.6 Å². The summed E-state index contributed by atoms with van der Waals surface area (Å²) in [6, 6.07) is 15.0. The van der Waals surface area contributed by atoms with Crippen molar-refractivity contribution in [2.24, 2.45) is 5.41 Å². The van der Waals surface area contributed by atoms with Crippen molar-refractivity contribution >= 4 is 17.6 Å². The lowest BCUT2D eigenvalue weighted by Crippen LogP contribution is -2.80. The molecule has 1 aliphatic carbocycles. The lowest BCUT2D eigenvalue weighted by Gasteiger charge is -2.64. The Bertz CT molecular complexity index is 1350. The van der Waals surface area contributed by atoms with Crippen LogP contribution in [0.3, 0.4) is 0 Å². The highest BCUT2D eigenvalue weighted by Gasteiger charge is 2.78. The molecule has 0 radical (unpaired) electrons. The van der Waals surface area contributed by atoms with E-state index in [4.69, 9.17) is 14.2 Å². The van der Waals surface area contributed by atoms with Crippen molar-refractivity contribution < 1.29 is 28.9 Å². The van der Waals surface area contributed by atoms with E-state index in [-0.39, 0.29) is 19.1 Å². The maximum absolute atomic E-state index is 13.1. The Balaban J connectivity index is 1.50. The molecular formula is C32H38N2O6. The fraction of sp³-hybridized carbons (Fsp3) is 0.500. The van der Waals surface area contributed by atoms with Crippen molar-refractivity contribution in [1.82, 2.24) is 4.90 Å². The van der Waals surface area contributed by atoms with Crippen LogP contribution in [0.2, 0.25) is 0 Å². The predicted octanol–water partition coefficient (Wildman–Crippen LogP) is 3.25. The highest BCUT2D eigenvalue weighted by molar-refractivity contribution is 5.74. The van der Waals surface area contributed by atoms with Gasteiger partial charge < -0.3 is 24.2 Å². The molecule has 1 N–H and O–H groups in total. The van der Waals surface area contributed by atoms with Crippen molar-refractivity contribution in [3.8, 4) is 5.75 Å². The lowest BCUT2D eigenvalue weighted by atomic mass is 9.48. The molecule has 0 aromatic heterocycles. The summed E-state index contributed by atoms with van der Waals surface area (Å²) in [7, 11) is 3.62. The molecule has 1 spiro atoms. The van der Waals surface area contributed by atoms with Crippen LogP contribution >= 0.6 is 0 Å². The molecule has 2 aromatic rings. The van der Waals surface area contributed by atoms with Crippen LogP contribution in [0.15, 0.2) is 60.7 Å². The van der Waals surface area contributed by atoms with E-state index in [2.05, 4.69) is 34.9 Å². The molecule has 6 atom stereocenters. The highest BCUT2D eigenvalue weighted by Crippen LogP contribution is 2.67. The van der Waals surface area contributed by atoms with Crippen LogP contribution in [0.4, 0.5) is 5.69 Å². The van der Waals surface area contributed by atoms with Crippen LogP contribution in [0, 0.1) is 5.41 Å². The lowest BCUT2D eigenvalue weighted by molar-refractivity contribution is -0.232. The maximum atomic E-state index is 13.1. The van der Waals surface area contributed by atoms with Gasteiger partial charge in [0, 0.05) is 49.1 Å². The largest absolute Gasteiger partial charge is 0.497 e. The molecule has 3 aliphatic heterocycles. The number of carbonyl (C=O) groups excluding carboxylic acids is 2. The number of hydrogen-bond donors (Lipinski definition) is 1. The molecule has 1 saturated heterocycles. The number of ether oxygens (including phenoxy) is 3. The minimum absolute atomic E-state index is 0.0123. The van der Waals surface area contributed by atoms with E-state index >= 15 is 0 Å². The predicted molar refractivity (Wildman–Crippen MR) is 150 cm³/mol. The van der Waals surface area contributed by atoms with Gasteiger partial charge in [-0.1, -0.05) is 55.5 Å². The molecule has 1 saturated carbocycles. The molecule has 8 heteroatoms. The fourth-order valence-corrected chi connectivity index (χ4v) is 8.62. The van der Waals surface area contributed by atoms with Crippen LogP contribution in [0.1, 0.15) is 37.8 Å². The first kappa shape index (κ1) is 26.8. The number of anilines is 1. The van der Waals surface area contributed by atoms with Gasteiger partial charge in [0.1, 0.15) is 18.5 Å². The van der Waals surface area contributed by atoms with Crippen LogP contribution in [0.25, 0.3) is 0 Å². The Kier molecular flexibility index (Phi) is 6.46. The average molecular weight is 547 g/mol. The molecule has 3 heterocycles. The number of carbonyl (C=O) groups is 2. The van der Waals surface area contributed by atoms with Gasteiger partial charge in [-0.25, -0.2) is 0 Å². The second-order valence-electron chi connectivity index (χ2n) is 11.8. The number of methoxy groups -OCH3 is 1. The summed E-state index contributed by atoms with van der Waals surface area (Å²) in [6.45, 7) is 4.83. The Morgan fingerprint density at radius 3 is 2.60 bits per heavy atom. The van der Waals surface area contributed by atoms with Gasteiger partial charge in [0.15, 0.2) is 5.60 Å². The Morgan fingerprint density at radius 2 is 1.90 bits per heavy atom. The van der Waals surface area contributed by atoms with Gasteiger partial charge in [0.05, 0.1) is 19.6 Å². The van der Waals surface area contributed by atoms with Crippen LogP contribution in [-0.4, -0.2) is 79.6 Å². The van der Waals surface area contributed by atoms with E-state index in [1.54, 1.807) is 7.11 Å². The number of rotatable bonds is 7. The number of hydrogen-bond acceptors (Lipinski definition) is 8. The van der Waals surface area contributed by atoms with Crippen LogP contribution < -0.4 is 9.64 Å². The van der Waals surface area contributed by atoms with Gasteiger partial charge in [-0.2, -0.15) is 0 Å². The number of aliphatic hydroxyl groups is 1. The fourth-order valence-electron chi connectivity index (χ4n) is 8.62. The zero-order chi connectivity index (χ0) is 28.3. The molecule has 6 rings (SSSR count). The first-order valence-corrected chi connectivity index (χ1v) is 14.1. The number of nitrogens with zero attached hydrogens (tertiary/aromatic N) is 2. The Labute approximate surface area is 235 Å². The smallest absolute Gasteiger partial charge is 0.310 e. The van der Waals surface area contributed by atoms with E-state index < -0.39 is 40.5 Å². The molecular weight excluding hydrogens is 508 g/mol. The summed E-state index contributed by atoms with van der Waals surface area (Å²) < 4.78 is 17.6. The third-order valence-corrected chi connectivity index (χ3v) is 9.87. The number of esters is 2. The quantitative estimate of drug-likeness (QED) is 0.418. The summed E-state index contributed by atoms with van der Waals surface area (Å²) in [4.78, 5) is 30.3. The standard InChI is InChI=1S/C32H38N2O6/c1-5-30-14-9-16-34-17-15-31(27(30)34)24-13-12-23(38-4)19-25(24)33(3)28(31)32(37,29(30)40-21(2)35)20-39-26(36)18-22-10-7-6-8-11-22/h6-14,19,27-29,37H,5,15-18,20H2,1-4H3/t27?,28-,29-,30-,31-,32?/m1/s1. The number of likely N-dealkylation sites (N-methyl/N-ethyl adjacent to an activating group) is 1. The van der Waals surface area contributed by atoms with E-state index in [0.717, 1.165) is 42.1 Å². The van der Waals surface area contributed by atoms with Crippen molar-refractivity contribution in [2.75, 3.05) is 38.8 Å². The van der Waals surface area contributed by atoms with E-state index in [0.29, 0.717) is 6.42 Å². The van der Waals surface area contributed by atoms with Crippen molar-refractivity contribution in [3.63, 3.8) is 0 Å². The molecule has 4 aliphatic rings. The van der Waals surface area contributed by atoms with Crippen molar-refractivity contribution in [3.05, 3.63) is 71.8 Å². The maximum Gasteiger partial charge on any atom is 0.310 e. The summed E-state index contributed by atoms with van der Waals surface area (Å²) in [5.74, 6) is -0.173. The third kappa shape index (κ3) is 3.65. The molecule has 212 valence electrons. The van der Waals surface area contributed by atoms with Gasteiger partial charge >= 0.3 is 11.9 Å². The molecule has 8 nitrogen and oxygen atoms in total. The van der Waals surface area contributed by atoms with Gasteiger partial charge in [0.2, 0.25) is 0 Å². The summed E-state index contributed by atoms with van der Waals surface area (Å²) in [5, 5.41) is 13.0. The third-order valence-electron chi connectivity index (χ3n) is 9.87. The Morgan fingerprint density at radius 1 is 1.12 bits per heavy atom. The summed E-state index contributed by atoms with van der Waals surface area (Å²) in [5.41, 5.74) is 0.109. The molecule has 0 amide bonds.